The van der Waals surface area contributed by atoms with Crippen LogP contribution in [-0.4, -0.2) is 63.7 Å². The Morgan fingerprint density at radius 2 is 1.77 bits per heavy atom. The van der Waals surface area contributed by atoms with Crippen molar-refractivity contribution in [3.63, 3.8) is 0 Å². The summed E-state index contributed by atoms with van der Waals surface area (Å²) in [5.41, 5.74) is 0.584. The number of nitrogens with zero attached hydrogens (tertiary/aromatic N) is 2. The van der Waals surface area contributed by atoms with Gasteiger partial charge in [0.25, 0.3) is 11.8 Å². The molecule has 1 aromatic carbocycles. The second-order valence-corrected chi connectivity index (χ2v) is 5.45. The number of rotatable bonds is 3. The molecule has 8 heteroatoms. The third-order valence-electron chi connectivity index (χ3n) is 4.14. The van der Waals surface area contributed by atoms with E-state index < -0.39 is 30.8 Å². The first-order chi connectivity index (χ1) is 10.5. The van der Waals surface area contributed by atoms with Crippen LogP contribution in [0.4, 0.5) is 0 Å². The number of carbonyl (C=O) groups is 3. The monoisotopic (exact) mass is 302 g/mol. The van der Waals surface area contributed by atoms with Gasteiger partial charge in [0.2, 0.25) is 5.91 Å². The third-order valence-corrected chi connectivity index (χ3v) is 4.14. The molecule has 1 fully saturated rings. The Balaban J connectivity index is 1.76. The van der Waals surface area contributed by atoms with Crippen molar-refractivity contribution in [2.45, 2.75) is 18.8 Å². The molecule has 1 atom stereocenters. The van der Waals surface area contributed by atoms with Crippen molar-refractivity contribution in [3.8, 4) is 0 Å². The molecule has 0 aromatic heterocycles. The number of hydrogen-bond donors (Lipinski definition) is 2. The number of fused-ring (bicyclic) bond motifs is 1. The van der Waals surface area contributed by atoms with E-state index in [1.54, 1.807) is 24.3 Å². The summed E-state index contributed by atoms with van der Waals surface area (Å²) in [6.07, 6.45) is 1.15. The molecule has 0 spiro atoms. The lowest BCUT2D eigenvalue weighted by molar-refractivity contribution is -0.131. The summed E-state index contributed by atoms with van der Waals surface area (Å²) in [6, 6.07) is 6.42. The molecule has 0 radical (unpaired) electrons. The molecule has 1 aromatic rings. The molecule has 1 saturated heterocycles. The van der Waals surface area contributed by atoms with E-state index in [0.717, 1.165) is 4.90 Å². The van der Waals surface area contributed by atoms with Gasteiger partial charge < -0.3 is 14.9 Å². The van der Waals surface area contributed by atoms with Crippen molar-refractivity contribution >= 4 is 24.8 Å². The Morgan fingerprint density at radius 3 is 2.32 bits per heavy atom. The first kappa shape index (κ1) is 14.7. The fourth-order valence-corrected chi connectivity index (χ4v) is 3.02. The zero-order chi connectivity index (χ0) is 15.9. The highest BCUT2D eigenvalue weighted by atomic mass is 16.4. The highest BCUT2D eigenvalue weighted by Crippen LogP contribution is 2.24. The van der Waals surface area contributed by atoms with Gasteiger partial charge in [-0.2, -0.15) is 0 Å². The standard InChI is InChI=1S/C14H15BN2O5/c18-12(16-7-3-6-11(16)15(21)22)8-17-13(19)9-4-1-2-5-10(9)14(17)20/h1-2,4-5,11,21-22H,3,6-8H2/t11-/m0/s1. The molecule has 3 rings (SSSR count). The molecule has 0 unspecified atom stereocenters. The Bertz CT molecular complexity index is 613. The van der Waals surface area contributed by atoms with E-state index in [0.29, 0.717) is 30.5 Å². The SMILES string of the molecule is O=C1c2ccccc2C(=O)N1CC(=O)N1CCC[C@H]1B(O)O. The average Bonchev–Trinajstić information content (AvgIpc) is 3.08. The number of amides is 3. The van der Waals surface area contributed by atoms with E-state index in [-0.39, 0.29) is 6.54 Å². The van der Waals surface area contributed by atoms with Crippen molar-refractivity contribution in [1.82, 2.24) is 9.80 Å². The number of carbonyl (C=O) groups excluding carboxylic acids is 3. The summed E-state index contributed by atoms with van der Waals surface area (Å²) < 4.78 is 0. The van der Waals surface area contributed by atoms with Crippen LogP contribution in [-0.2, 0) is 4.79 Å². The smallest absolute Gasteiger partial charge is 0.426 e. The normalized spacial score (nSPS) is 20.5. The molecule has 7 nitrogen and oxygen atoms in total. The van der Waals surface area contributed by atoms with E-state index in [2.05, 4.69) is 0 Å². The lowest BCUT2D eigenvalue weighted by Gasteiger charge is -2.25. The minimum Gasteiger partial charge on any atom is -0.426 e. The molecule has 0 aliphatic carbocycles. The molecule has 2 aliphatic rings. The lowest BCUT2D eigenvalue weighted by atomic mass is 9.78. The van der Waals surface area contributed by atoms with Gasteiger partial charge in [0.05, 0.1) is 17.1 Å². The van der Waals surface area contributed by atoms with Crippen LogP contribution in [0.1, 0.15) is 33.6 Å². The van der Waals surface area contributed by atoms with Crippen molar-refractivity contribution in [3.05, 3.63) is 35.4 Å². The summed E-state index contributed by atoms with van der Waals surface area (Å²) in [4.78, 5) is 39.0. The topological polar surface area (TPSA) is 98.2 Å². The van der Waals surface area contributed by atoms with Gasteiger partial charge in [-0.1, -0.05) is 12.1 Å². The van der Waals surface area contributed by atoms with Crippen molar-refractivity contribution in [1.29, 1.82) is 0 Å². The second kappa shape index (κ2) is 5.55. The number of hydrogen-bond acceptors (Lipinski definition) is 5. The van der Waals surface area contributed by atoms with Crippen LogP contribution in [0.5, 0.6) is 0 Å². The van der Waals surface area contributed by atoms with Crippen LogP contribution >= 0.6 is 0 Å². The maximum atomic E-state index is 12.3. The molecule has 3 amide bonds. The maximum absolute atomic E-state index is 12.3. The van der Waals surface area contributed by atoms with Gasteiger partial charge in [0, 0.05) is 6.54 Å². The van der Waals surface area contributed by atoms with Gasteiger partial charge in [-0.05, 0) is 25.0 Å². The number of likely N-dealkylation sites (tertiary alicyclic amines) is 1. The van der Waals surface area contributed by atoms with Gasteiger partial charge in [0.15, 0.2) is 0 Å². The van der Waals surface area contributed by atoms with E-state index in [1.807, 2.05) is 0 Å². The molecular weight excluding hydrogens is 287 g/mol. The van der Waals surface area contributed by atoms with E-state index >= 15 is 0 Å². The summed E-state index contributed by atoms with van der Waals surface area (Å²) >= 11 is 0. The van der Waals surface area contributed by atoms with Crippen LogP contribution in [0.15, 0.2) is 24.3 Å². The number of imide groups is 1. The molecule has 22 heavy (non-hydrogen) atoms. The molecule has 0 bridgehead atoms. The Labute approximate surface area is 127 Å². The number of benzene rings is 1. The van der Waals surface area contributed by atoms with Gasteiger partial charge in [-0.15, -0.1) is 0 Å². The second-order valence-electron chi connectivity index (χ2n) is 5.45. The van der Waals surface area contributed by atoms with Crippen LogP contribution in [0, 0.1) is 0 Å². The Morgan fingerprint density at radius 1 is 1.18 bits per heavy atom. The zero-order valence-corrected chi connectivity index (χ0v) is 11.8. The highest BCUT2D eigenvalue weighted by molar-refractivity contribution is 6.43. The molecule has 2 aliphatic heterocycles. The van der Waals surface area contributed by atoms with Gasteiger partial charge in [0.1, 0.15) is 6.54 Å². The average molecular weight is 302 g/mol. The fraction of sp³-hybridized carbons (Fsp3) is 0.357. The van der Waals surface area contributed by atoms with Gasteiger partial charge >= 0.3 is 7.12 Å². The first-order valence-corrected chi connectivity index (χ1v) is 7.11. The largest absolute Gasteiger partial charge is 0.475 e. The summed E-state index contributed by atoms with van der Waals surface area (Å²) in [5.74, 6) is -2.11. The van der Waals surface area contributed by atoms with Gasteiger partial charge in [-0.3, -0.25) is 19.3 Å². The Hall–Kier alpha value is -2.19. The highest BCUT2D eigenvalue weighted by Gasteiger charge is 2.41. The molecule has 0 saturated carbocycles. The quantitative estimate of drug-likeness (QED) is 0.567. The summed E-state index contributed by atoms with van der Waals surface area (Å²) in [7, 11) is -1.62. The van der Waals surface area contributed by atoms with E-state index in [9.17, 15) is 24.4 Å². The van der Waals surface area contributed by atoms with Crippen molar-refractivity contribution < 1.29 is 24.4 Å². The van der Waals surface area contributed by atoms with Crippen LogP contribution in [0.3, 0.4) is 0 Å². The van der Waals surface area contributed by atoms with Crippen LogP contribution < -0.4 is 0 Å². The predicted molar refractivity (Wildman–Crippen MR) is 76.7 cm³/mol. The van der Waals surface area contributed by atoms with Crippen LogP contribution in [0.25, 0.3) is 0 Å². The molecule has 2 N–H and O–H groups in total. The van der Waals surface area contributed by atoms with Gasteiger partial charge in [-0.25, -0.2) is 0 Å². The summed E-state index contributed by atoms with van der Waals surface area (Å²) in [6.45, 7) is 0.0137. The predicted octanol–water partition coefficient (Wildman–Crippen LogP) is -0.714. The molecular formula is C14H15BN2O5. The van der Waals surface area contributed by atoms with E-state index in [1.165, 1.54) is 4.90 Å². The summed E-state index contributed by atoms with van der Waals surface area (Å²) in [5, 5.41) is 18.6. The van der Waals surface area contributed by atoms with E-state index in [4.69, 9.17) is 0 Å². The molecule has 2 heterocycles. The first-order valence-electron chi connectivity index (χ1n) is 7.11. The zero-order valence-electron chi connectivity index (χ0n) is 11.8. The van der Waals surface area contributed by atoms with Crippen molar-refractivity contribution in [2.75, 3.05) is 13.1 Å². The minimum atomic E-state index is -1.62. The Kier molecular flexibility index (Phi) is 3.72. The lowest BCUT2D eigenvalue weighted by Crippen LogP contribution is -2.49. The van der Waals surface area contributed by atoms with Crippen molar-refractivity contribution in [2.24, 2.45) is 0 Å². The minimum absolute atomic E-state index is 0.292. The third kappa shape index (κ3) is 2.30. The fourth-order valence-electron chi connectivity index (χ4n) is 3.02. The molecule has 114 valence electrons. The van der Waals surface area contributed by atoms with Crippen LogP contribution in [0.2, 0.25) is 0 Å². The maximum Gasteiger partial charge on any atom is 0.475 e.